The summed E-state index contributed by atoms with van der Waals surface area (Å²) in [6.45, 7) is 5.71. The number of halogens is 1. The van der Waals surface area contributed by atoms with Gasteiger partial charge in [0.05, 0.1) is 5.02 Å². The van der Waals surface area contributed by atoms with Crippen LogP contribution in [0.25, 0.3) is 11.3 Å². The third-order valence-corrected chi connectivity index (χ3v) is 5.44. The van der Waals surface area contributed by atoms with E-state index < -0.39 is 0 Å². The van der Waals surface area contributed by atoms with Crippen LogP contribution < -0.4 is 0 Å². The molecule has 1 amide bonds. The number of benzene rings is 2. The quantitative estimate of drug-likeness (QED) is 0.662. The Bertz CT molecular complexity index is 963. The number of hydrogen-bond acceptors (Lipinski definition) is 4. The molecule has 5 nitrogen and oxygen atoms in total. The predicted octanol–water partition coefficient (Wildman–Crippen LogP) is 4.26. The lowest BCUT2D eigenvalue weighted by Gasteiger charge is -2.34. The van der Waals surface area contributed by atoms with E-state index in [1.165, 1.54) is 5.56 Å². The summed E-state index contributed by atoms with van der Waals surface area (Å²) in [5.74, 6) is 0.472. The summed E-state index contributed by atoms with van der Waals surface area (Å²) in [7, 11) is 0. The van der Waals surface area contributed by atoms with E-state index >= 15 is 0 Å². The van der Waals surface area contributed by atoms with Crippen LogP contribution in [0.1, 0.15) is 21.7 Å². The molecule has 0 atom stereocenters. The smallest absolute Gasteiger partial charge is 0.259 e. The Hall–Kier alpha value is -2.63. The molecule has 4 rings (SSSR count). The largest absolute Gasteiger partial charge is 0.360 e. The average Bonchev–Trinajstić information content (AvgIpc) is 3.10. The van der Waals surface area contributed by atoms with Crippen LogP contribution in [0.5, 0.6) is 0 Å². The Kier molecular flexibility index (Phi) is 5.46. The van der Waals surface area contributed by atoms with E-state index in [1.807, 2.05) is 29.2 Å². The van der Waals surface area contributed by atoms with Crippen LogP contribution in [-0.4, -0.2) is 47.0 Å². The molecular weight excluding hydrogens is 374 g/mol. The second-order valence-corrected chi connectivity index (χ2v) is 7.40. The Morgan fingerprint density at radius 3 is 2.43 bits per heavy atom. The zero-order valence-corrected chi connectivity index (χ0v) is 16.5. The third-order valence-electron chi connectivity index (χ3n) is 5.11. The van der Waals surface area contributed by atoms with Crippen molar-refractivity contribution in [3.63, 3.8) is 0 Å². The number of carbonyl (C=O) groups is 1. The summed E-state index contributed by atoms with van der Waals surface area (Å²) in [6, 6.07) is 17.8. The first kappa shape index (κ1) is 18.7. The number of aryl methyl sites for hydroxylation is 1. The molecule has 144 valence electrons. The van der Waals surface area contributed by atoms with Gasteiger partial charge in [-0.1, -0.05) is 65.3 Å². The number of carbonyl (C=O) groups excluding carboxylic acids is 1. The highest BCUT2D eigenvalue weighted by Gasteiger charge is 2.29. The standard InChI is InChI=1S/C22H22ClN3O2/c1-16-20(21(24-28-16)18-9-5-6-10-19(18)23)22(27)26-13-11-25(12-14-26)15-17-7-3-2-4-8-17/h2-10H,11-15H2,1H3. The molecule has 6 heteroatoms. The number of hydrogen-bond donors (Lipinski definition) is 0. The first-order chi connectivity index (χ1) is 13.6. The predicted molar refractivity (Wildman–Crippen MR) is 109 cm³/mol. The molecule has 0 bridgehead atoms. The van der Waals surface area contributed by atoms with Gasteiger partial charge in [0.25, 0.3) is 5.91 Å². The Morgan fingerprint density at radius 1 is 1.04 bits per heavy atom. The third kappa shape index (κ3) is 3.81. The molecule has 0 aliphatic carbocycles. The van der Waals surface area contributed by atoms with Gasteiger partial charge in [0.15, 0.2) is 0 Å². The van der Waals surface area contributed by atoms with Gasteiger partial charge in [-0.05, 0) is 18.6 Å². The minimum absolute atomic E-state index is 0.0481. The van der Waals surface area contributed by atoms with E-state index in [0.29, 0.717) is 40.7 Å². The fourth-order valence-corrected chi connectivity index (χ4v) is 3.80. The molecule has 1 fully saturated rings. The zero-order valence-electron chi connectivity index (χ0n) is 15.8. The Balaban J connectivity index is 1.48. The van der Waals surface area contributed by atoms with Crippen LogP contribution in [0.15, 0.2) is 59.1 Å². The minimum Gasteiger partial charge on any atom is -0.360 e. The van der Waals surface area contributed by atoms with Crippen molar-refractivity contribution in [2.45, 2.75) is 13.5 Å². The first-order valence-electron chi connectivity index (χ1n) is 9.40. The fourth-order valence-electron chi connectivity index (χ4n) is 3.57. The zero-order chi connectivity index (χ0) is 19.5. The van der Waals surface area contributed by atoms with Gasteiger partial charge in [-0.25, -0.2) is 0 Å². The van der Waals surface area contributed by atoms with Crippen molar-refractivity contribution in [3.8, 4) is 11.3 Å². The Morgan fingerprint density at radius 2 is 1.71 bits per heavy atom. The summed E-state index contributed by atoms with van der Waals surface area (Å²) in [5.41, 5.74) is 3.02. The Labute approximate surface area is 169 Å². The van der Waals surface area contributed by atoms with Crippen molar-refractivity contribution < 1.29 is 9.32 Å². The number of aromatic nitrogens is 1. The van der Waals surface area contributed by atoms with E-state index in [0.717, 1.165) is 19.6 Å². The van der Waals surface area contributed by atoms with Gasteiger partial charge >= 0.3 is 0 Å². The molecule has 1 aromatic heterocycles. The molecule has 0 saturated carbocycles. The van der Waals surface area contributed by atoms with Crippen LogP contribution in [-0.2, 0) is 6.54 Å². The van der Waals surface area contributed by atoms with Crippen molar-refractivity contribution >= 4 is 17.5 Å². The van der Waals surface area contributed by atoms with Gasteiger partial charge < -0.3 is 9.42 Å². The maximum Gasteiger partial charge on any atom is 0.259 e. The van der Waals surface area contributed by atoms with E-state index in [4.69, 9.17) is 16.1 Å². The highest BCUT2D eigenvalue weighted by atomic mass is 35.5. The number of nitrogens with zero attached hydrogens (tertiary/aromatic N) is 3. The highest BCUT2D eigenvalue weighted by molar-refractivity contribution is 6.33. The van der Waals surface area contributed by atoms with E-state index in [2.05, 4.69) is 34.3 Å². The van der Waals surface area contributed by atoms with Crippen LogP contribution in [0.3, 0.4) is 0 Å². The highest BCUT2D eigenvalue weighted by Crippen LogP contribution is 2.31. The van der Waals surface area contributed by atoms with E-state index in [-0.39, 0.29) is 5.91 Å². The lowest BCUT2D eigenvalue weighted by molar-refractivity contribution is 0.0627. The molecule has 1 saturated heterocycles. The molecule has 0 N–H and O–H groups in total. The van der Waals surface area contributed by atoms with Crippen molar-refractivity contribution in [2.24, 2.45) is 0 Å². The second-order valence-electron chi connectivity index (χ2n) is 7.00. The molecule has 0 unspecified atom stereocenters. The van der Waals surface area contributed by atoms with Crippen LogP contribution >= 0.6 is 11.6 Å². The van der Waals surface area contributed by atoms with Crippen molar-refractivity contribution in [3.05, 3.63) is 76.5 Å². The summed E-state index contributed by atoms with van der Waals surface area (Å²) in [5, 5.41) is 4.67. The van der Waals surface area contributed by atoms with E-state index in [1.54, 1.807) is 13.0 Å². The summed E-state index contributed by atoms with van der Waals surface area (Å²) in [6.07, 6.45) is 0. The van der Waals surface area contributed by atoms with Gasteiger partial charge in [-0.15, -0.1) is 0 Å². The molecule has 3 aromatic rings. The molecule has 0 radical (unpaired) electrons. The molecule has 2 heterocycles. The second kappa shape index (κ2) is 8.17. The van der Waals surface area contributed by atoms with Crippen LogP contribution in [0.2, 0.25) is 5.02 Å². The lowest BCUT2D eigenvalue weighted by Crippen LogP contribution is -2.48. The minimum atomic E-state index is -0.0481. The molecule has 2 aromatic carbocycles. The van der Waals surface area contributed by atoms with E-state index in [9.17, 15) is 4.79 Å². The molecule has 1 aliphatic rings. The van der Waals surface area contributed by atoms with Crippen molar-refractivity contribution in [1.82, 2.24) is 15.0 Å². The SMILES string of the molecule is Cc1onc(-c2ccccc2Cl)c1C(=O)N1CCN(Cc2ccccc2)CC1. The number of rotatable bonds is 4. The van der Waals surface area contributed by atoms with Gasteiger partial charge in [-0.2, -0.15) is 0 Å². The molecule has 1 aliphatic heterocycles. The maximum absolute atomic E-state index is 13.2. The van der Waals surface area contributed by atoms with Crippen LogP contribution in [0.4, 0.5) is 0 Å². The van der Waals surface area contributed by atoms with Gasteiger partial charge in [0.2, 0.25) is 0 Å². The summed E-state index contributed by atoms with van der Waals surface area (Å²) >= 11 is 6.31. The number of amides is 1. The molecule has 0 spiro atoms. The van der Waals surface area contributed by atoms with Gasteiger partial charge in [0.1, 0.15) is 17.0 Å². The first-order valence-corrected chi connectivity index (χ1v) is 9.78. The van der Waals surface area contributed by atoms with Gasteiger partial charge in [-0.3, -0.25) is 9.69 Å². The van der Waals surface area contributed by atoms with Crippen LogP contribution in [0, 0.1) is 6.92 Å². The molecule has 28 heavy (non-hydrogen) atoms. The lowest BCUT2D eigenvalue weighted by atomic mass is 10.0. The van der Waals surface area contributed by atoms with Gasteiger partial charge in [0, 0.05) is 38.3 Å². The maximum atomic E-state index is 13.2. The normalized spacial score (nSPS) is 15.0. The number of piperazine rings is 1. The monoisotopic (exact) mass is 395 g/mol. The summed E-state index contributed by atoms with van der Waals surface area (Å²) in [4.78, 5) is 17.5. The van der Waals surface area contributed by atoms with Crippen molar-refractivity contribution in [1.29, 1.82) is 0 Å². The summed E-state index contributed by atoms with van der Waals surface area (Å²) < 4.78 is 5.35. The average molecular weight is 396 g/mol. The molecular formula is C22H22ClN3O2. The van der Waals surface area contributed by atoms with Crippen molar-refractivity contribution in [2.75, 3.05) is 26.2 Å². The topological polar surface area (TPSA) is 49.6 Å². The fraction of sp³-hybridized carbons (Fsp3) is 0.273.